The molecule has 1 aromatic heterocycles. The lowest BCUT2D eigenvalue weighted by Gasteiger charge is -2.03. The van der Waals surface area contributed by atoms with Crippen molar-refractivity contribution in [2.45, 2.75) is 19.4 Å². The maximum atomic E-state index is 5.40. The van der Waals surface area contributed by atoms with Crippen LogP contribution in [0.1, 0.15) is 18.4 Å². The second-order valence-corrected chi connectivity index (χ2v) is 4.10. The molecule has 78 valence electrons. The van der Waals surface area contributed by atoms with Crippen LogP contribution in [0.5, 0.6) is 0 Å². The van der Waals surface area contributed by atoms with Crippen molar-refractivity contribution >= 4 is 15.9 Å². The molecule has 0 aliphatic carbocycles. The number of hydrogen-bond donors (Lipinski definition) is 2. The zero-order valence-electron chi connectivity index (χ0n) is 8.17. The highest BCUT2D eigenvalue weighted by Crippen LogP contribution is 2.08. The average molecular weight is 258 g/mol. The molecule has 0 atom stereocenters. The summed E-state index contributed by atoms with van der Waals surface area (Å²) >= 11 is 3.39. The molecule has 4 heteroatoms. The van der Waals surface area contributed by atoms with Crippen LogP contribution in [-0.2, 0) is 6.54 Å². The molecule has 0 amide bonds. The van der Waals surface area contributed by atoms with E-state index in [2.05, 4.69) is 32.3 Å². The number of aromatic nitrogens is 1. The molecule has 0 unspecified atom stereocenters. The first-order valence-corrected chi connectivity index (χ1v) is 5.62. The van der Waals surface area contributed by atoms with Gasteiger partial charge >= 0.3 is 0 Å². The number of nitrogens with zero attached hydrogens (tertiary/aromatic N) is 1. The Kier molecular flexibility index (Phi) is 5.75. The second kappa shape index (κ2) is 6.92. The molecule has 0 saturated heterocycles. The van der Waals surface area contributed by atoms with Crippen LogP contribution in [0, 0.1) is 0 Å². The van der Waals surface area contributed by atoms with Crippen molar-refractivity contribution in [1.29, 1.82) is 0 Å². The van der Waals surface area contributed by atoms with E-state index in [9.17, 15) is 0 Å². The summed E-state index contributed by atoms with van der Waals surface area (Å²) in [5.41, 5.74) is 6.60. The molecule has 0 saturated carbocycles. The summed E-state index contributed by atoms with van der Waals surface area (Å²) in [6, 6.07) is 2.07. The molecule has 0 spiro atoms. The van der Waals surface area contributed by atoms with Crippen molar-refractivity contribution in [2.24, 2.45) is 5.73 Å². The van der Waals surface area contributed by atoms with E-state index < -0.39 is 0 Å². The minimum absolute atomic E-state index is 0.778. The quantitative estimate of drug-likeness (QED) is 0.763. The number of pyridine rings is 1. The first-order chi connectivity index (χ1) is 6.83. The van der Waals surface area contributed by atoms with Crippen LogP contribution in [-0.4, -0.2) is 18.1 Å². The molecule has 3 nitrogen and oxygen atoms in total. The molecule has 0 bridgehead atoms. The lowest BCUT2D eigenvalue weighted by molar-refractivity contribution is 0.626. The summed E-state index contributed by atoms with van der Waals surface area (Å²) in [6.45, 7) is 2.67. The molecule has 1 rings (SSSR count). The number of nitrogens with one attached hydrogen (secondary N) is 1. The minimum Gasteiger partial charge on any atom is -0.330 e. The molecular weight excluding hydrogens is 242 g/mol. The van der Waals surface area contributed by atoms with Crippen molar-refractivity contribution in [1.82, 2.24) is 10.3 Å². The van der Waals surface area contributed by atoms with Crippen LogP contribution in [0.15, 0.2) is 22.9 Å². The van der Waals surface area contributed by atoms with Crippen molar-refractivity contribution in [3.63, 3.8) is 0 Å². The number of unbranched alkanes of at least 4 members (excludes halogenated alkanes) is 1. The molecule has 0 aliphatic heterocycles. The van der Waals surface area contributed by atoms with E-state index in [1.807, 2.05) is 6.20 Å². The summed E-state index contributed by atoms with van der Waals surface area (Å²) < 4.78 is 1.03. The van der Waals surface area contributed by atoms with Gasteiger partial charge in [-0.15, -0.1) is 0 Å². The SMILES string of the molecule is NCCCCNCc1cncc(Br)c1. The van der Waals surface area contributed by atoms with Gasteiger partial charge in [-0.1, -0.05) is 0 Å². The van der Waals surface area contributed by atoms with Crippen molar-refractivity contribution in [3.8, 4) is 0 Å². The maximum absolute atomic E-state index is 5.40. The number of hydrogen-bond acceptors (Lipinski definition) is 3. The molecule has 3 N–H and O–H groups in total. The topological polar surface area (TPSA) is 50.9 Å². The van der Waals surface area contributed by atoms with Gasteiger partial charge < -0.3 is 11.1 Å². The van der Waals surface area contributed by atoms with Gasteiger partial charge in [-0.25, -0.2) is 0 Å². The summed E-state index contributed by atoms with van der Waals surface area (Å²) in [4.78, 5) is 4.09. The zero-order chi connectivity index (χ0) is 10.2. The van der Waals surface area contributed by atoms with Crippen LogP contribution >= 0.6 is 15.9 Å². The van der Waals surface area contributed by atoms with Crippen LogP contribution < -0.4 is 11.1 Å². The Morgan fingerprint density at radius 2 is 2.21 bits per heavy atom. The van der Waals surface area contributed by atoms with Gasteiger partial charge in [-0.05, 0) is 53.5 Å². The largest absolute Gasteiger partial charge is 0.330 e. The normalized spacial score (nSPS) is 10.4. The predicted octanol–water partition coefficient (Wildman–Crippen LogP) is 1.67. The molecule has 14 heavy (non-hydrogen) atoms. The van der Waals surface area contributed by atoms with Gasteiger partial charge in [0, 0.05) is 23.4 Å². The molecule has 0 fully saturated rings. The highest BCUT2D eigenvalue weighted by Gasteiger charge is 1.93. The lowest BCUT2D eigenvalue weighted by Crippen LogP contribution is -2.15. The Morgan fingerprint density at radius 3 is 2.93 bits per heavy atom. The van der Waals surface area contributed by atoms with Crippen molar-refractivity contribution < 1.29 is 0 Å². The van der Waals surface area contributed by atoms with Crippen LogP contribution in [0.25, 0.3) is 0 Å². The van der Waals surface area contributed by atoms with Gasteiger partial charge in [0.05, 0.1) is 0 Å². The van der Waals surface area contributed by atoms with E-state index in [4.69, 9.17) is 5.73 Å². The molecule has 1 aromatic rings. The minimum atomic E-state index is 0.778. The summed E-state index contributed by atoms with van der Waals surface area (Å²) in [5.74, 6) is 0. The molecule has 0 radical (unpaired) electrons. The summed E-state index contributed by atoms with van der Waals surface area (Å²) in [7, 11) is 0. The Hall–Kier alpha value is -0.450. The Morgan fingerprint density at radius 1 is 1.36 bits per heavy atom. The van der Waals surface area contributed by atoms with Crippen LogP contribution in [0.4, 0.5) is 0 Å². The average Bonchev–Trinajstić information content (AvgIpc) is 2.18. The van der Waals surface area contributed by atoms with Gasteiger partial charge in [-0.3, -0.25) is 4.98 Å². The Balaban J connectivity index is 2.18. The van der Waals surface area contributed by atoms with E-state index >= 15 is 0 Å². The lowest BCUT2D eigenvalue weighted by atomic mass is 10.2. The van der Waals surface area contributed by atoms with Crippen molar-refractivity contribution in [3.05, 3.63) is 28.5 Å². The third-order valence-electron chi connectivity index (χ3n) is 1.90. The smallest absolute Gasteiger partial charge is 0.0410 e. The molecule has 1 heterocycles. The first-order valence-electron chi connectivity index (χ1n) is 4.83. The molecule has 0 aliphatic rings. The van der Waals surface area contributed by atoms with Gasteiger partial charge in [0.1, 0.15) is 0 Å². The van der Waals surface area contributed by atoms with Crippen LogP contribution in [0.3, 0.4) is 0 Å². The fourth-order valence-electron chi connectivity index (χ4n) is 1.18. The van der Waals surface area contributed by atoms with Crippen molar-refractivity contribution in [2.75, 3.05) is 13.1 Å². The molecule has 0 aromatic carbocycles. The third-order valence-corrected chi connectivity index (χ3v) is 2.33. The molecular formula is C10H16BrN3. The van der Waals surface area contributed by atoms with E-state index in [-0.39, 0.29) is 0 Å². The third kappa shape index (κ3) is 4.69. The van der Waals surface area contributed by atoms with E-state index in [1.165, 1.54) is 5.56 Å². The van der Waals surface area contributed by atoms with Gasteiger partial charge in [-0.2, -0.15) is 0 Å². The highest BCUT2D eigenvalue weighted by atomic mass is 79.9. The number of rotatable bonds is 6. The fourth-order valence-corrected chi connectivity index (χ4v) is 1.59. The number of halogens is 1. The van der Waals surface area contributed by atoms with Gasteiger partial charge in [0.25, 0.3) is 0 Å². The van der Waals surface area contributed by atoms with Gasteiger partial charge in [0.2, 0.25) is 0 Å². The monoisotopic (exact) mass is 257 g/mol. The number of nitrogens with two attached hydrogens (primary N) is 1. The zero-order valence-corrected chi connectivity index (χ0v) is 9.76. The van der Waals surface area contributed by atoms with E-state index in [0.29, 0.717) is 0 Å². The Bertz CT molecular complexity index is 265. The first kappa shape index (κ1) is 11.6. The maximum Gasteiger partial charge on any atom is 0.0410 e. The second-order valence-electron chi connectivity index (χ2n) is 3.18. The Labute approximate surface area is 93.2 Å². The van der Waals surface area contributed by atoms with E-state index in [1.54, 1.807) is 6.20 Å². The van der Waals surface area contributed by atoms with Gasteiger partial charge in [0.15, 0.2) is 0 Å². The predicted molar refractivity (Wildman–Crippen MR) is 61.9 cm³/mol. The summed E-state index contributed by atoms with van der Waals surface area (Å²) in [6.07, 6.45) is 5.89. The van der Waals surface area contributed by atoms with E-state index in [0.717, 1.165) is 36.9 Å². The standard InChI is InChI=1S/C10H16BrN3/c11-10-5-9(7-14-8-10)6-13-4-2-1-3-12/h5,7-8,13H,1-4,6,12H2. The highest BCUT2D eigenvalue weighted by molar-refractivity contribution is 9.10. The summed E-state index contributed by atoms with van der Waals surface area (Å²) in [5, 5.41) is 3.35. The fraction of sp³-hybridized carbons (Fsp3) is 0.500. The van der Waals surface area contributed by atoms with Crippen LogP contribution in [0.2, 0.25) is 0 Å².